The van der Waals surface area contributed by atoms with Gasteiger partial charge in [-0.2, -0.15) is 36.2 Å². The molecule has 4 aromatic carbocycles. The van der Waals surface area contributed by atoms with E-state index in [0.717, 1.165) is 22.3 Å². The Bertz CT molecular complexity index is 3020. The second-order valence-electron chi connectivity index (χ2n) is 22.1. The Labute approximate surface area is 551 Å². The van der Waals surface area contributed by atoms with Crippen molar-refractivity contribution in [3.05, 3.63) is 143 Å². The summed E-state index contributed by atoms with van der Waals surface area (Å²) in [6.45, 7) is 1.92. The summed E-state index contributed by atoms with van der Waals surface area (Å²) in [6, 6.07) is 26.9. The number of nitrogens with zero attached hydrogens (tertiary/aromatic N) is 3. The second-order valence-corrected chi connectivity index (χ2v) is 24.6. The number of aliphatic imine (C=N–C) groups is 2. The van der Waals surface area contributed by atoms with E-state index >= 15 is 4.79 Å². The van der Waals surface area contributed by atoms with Crippen LogP contribution in [0.25, 0.3) is 0 Å². The van der Waals surface area contributed by atoms with Gasteiger partial charge in [0.15, 0.2) is 11.9 Å². The Balaban J connectivity index is 1.35. The first-order chi connectivity index (χ1) is 44.5. The Hall–Kier alpha value is -7.89. The molecule has 0 saturated carbocycles. The maximum absolute atomic E-state index is 15.4. The van der Waals surface area contributed by atoms with E-state index in [2.05, 4.69) is 59.8 Å². The summed E-state index contributed by atoms with van der Waals surface area (Å²) in [5, 5.41) is 20.0. The smallest absolute Gasteiger partial charge is 0.246 e. The molecular weight excluding hydrogens is 1230 g/mol. The van der Waals surface area contributed by atoms with Crippen molar-refractivity contribution in [1.29, 1.82) is 0 Å². The Kier molecular flexibility index (Phi) is 31.9. The molecule has 4 aromatic rings. The van der Waals surface area contributed by atoms with Crippen LogP contribution in [-0.2, 0) is 65.8 Å². The molecule has 2 bridgehead atoms. The van der Waals surface area contributed by atoms with Crippen LogP contribution in [0.15, 0.2) is 125 Å². The molecule has 0 aromatic heterocycles. The van der Waals surface area contributed by atoms with Gasteiger partial charge in [-0.15, -0.1) is 0 Å². The lowest BCUT2D eigenvalue weighted by Crippen LogP contribution is -2.60. The minimum absolute atomic E-state index is 0.0228. The van der Waals surface area contributed by atoms with Gasteiger partial charge >= 0.3 is 0 Å². The number of fused-ring (bicyclic) bond motifs is 3. The molecule has 498 valence electrons. The van der Waals surface area contributed by atoms with E-state index < -0.39 is 89.6 Å². The molecule has 0 spiro atoms. The molecule has 17 N–H and O–H groups in total. The lowest BCUT2D eigenvalue weighted by atomic mass is 9.84. The topological polar surface area (TPSA) is 397 Å². The van der Waals surface area contributed by atoms with Gasteiger partial charge in [0, 0.05) is 80.2 Å². The van der Waals surface area contributed by atoms with Crippen LogP contribution in [-0.4, -0.2) is 183 Å². The van der Waals surface area contributed by atoms with Gasteiger partial charge in [0.1, 0.15) is 42.3 Å². The normalized spacial score (nSPS) is 21.2. The first kappa shape index (κ1) is 73.2. The predicted molar refractivity (Wildman–Crippen MR) is 362 cm³/mol. The molecule has 8 amide bonds. The highest BCUT2D eigenvalue weighted by Gasteiger charge is 2.43. The third-order valence-corrected chi connectivity index (χ3v) is 17.6. The number of hydrogen-bond acceptors (Lipinski definition) is 16. The monoisotopic (exact) mass is 1320 g/mol. The van der Waals surface area contributed by atoms with Crippen LogP contribution >= 0.6 is 36.2 Å². The summed E-state index contributed by atoms with van der Waals surface area (Å²) in [5.74, 6) is -4.94. The van der Waals surface area contributed by atoms with Gasteiger partial charge < -0.3 is 80.3 Å². The van der Waals surface area contributed by atoms with Gasteiger partial charge in [0.2, 0.25) is 47.3 Å². The average molecular weight is 1320 g/mol. The fourth-order valence-corrected chi connectivity index (χ4v) is 12.6. The van der Waals surface area contributed by atoms with Crippen molar-refractivity contribution in [3.8, 4) is 0 Å². The van der Waals surface area contributed by atoms with Crippen LogP contribution in [0.3, 0.4) is 0 Å². The molecule has 0 unspecified atom stereocenters. The number of amides is 8. The number of guanidine groups is 2. The molecule has 6 rings (SSSR count). The van der Waals surface area contributed by atoms with E-state index in [1.54, 1.807) is 42.1 Å². The summed E-state index contributed by atoms with van der Waals surface area (Å²) in [5.41, 5.74) is 32.2. The number of thioether (sulfide) groups is 2. The first-order valence-corrected chi connectivity index (χ1v) is 33.8. The summed E-state index contributed by atoms with van der Waals surface area (Å²) in [6.07, 6.45) is 1.00. The van der Waals surface area contributed by atoms with E-state index in [4.69, 9.17) is 38.1 Å². The van der Waals surface area contributed by atoms with Gasteiger partial charge in [-0.25, -0.2) is 0 Å². The Morgan fingerprint density at radius 2 is 1.16 bits per heavy atom. The molecule has 2 aliphatic heterocycles. The number of hydrogen-bond donors (Lipinski definition) is 13. The van der Waals surface area contributed by atoms with E-state index in [0.29, 0.717) is 49.0 Å². The molecule has 92 heavy (non-hydrogen) atoms. The van der Waals surface area contributed by atoms with Crippen molar-refractivity contribution in [2.75, 3.05) is 76.4 Å². The molecule has 1 saturated heterocycles. The van der Waals surface area contributed by atoms with Crippen LogP contribution in [0.5, 0.6) is 0 Å². The van der Waals surface area contributed by atoms with Gasteiger partial charge in [-0.3, -0.25) is 48.3 Å². The van der Waals surface area contributed by atoms with Crippen molar-refractivity contribution in [1.82, 2.24) is 42.1 Å². The van der Waals surface area contributed by atoms with Gasteiger partial charge in [0.25, 0.3) is 0 Å². The third-order valence-electron chi connectivity index (χ3n) is 15.1. The first-order valence-electron chi connectivity index (χ1n) is 30.9. The molecule has 7 atom stereocenters. The number of carbonyl (C=O) groups excluding carboxylic acids is 8. The zero-order valence-corrected chi connectivity index (χ0v) is 54.2. The maximum atomic E-state index is 15.4. The maximum Gasteiger partial charge on any atom is 0.246 e. The summed E-state index contributed by atoms with van der Waals surface area (Å²) < 4.78 is 11.0. The molecule has 2 heterocycles. The number of carbonyl (C=O) groups is 8. The Morgan fingerprint density at radius 3 is 1.75 bits per heavy atom. The van der Waals surface area contributed by atoms with E-state index in [1.807, 2.05) is 84.9 Å². The highest BCUT2D eigenvalue weighted by Crippen LogP contribution is 2.32. The van der Waals surface area contributed by atoms with Crippen molar-refractivity contribution >= 4 is 95.3 Å². The van der Waals surface area contributed by atoms with Crippen molar-refractivity contribution < 1.29 is 47.8 Å². The summed E-state index contributed by atoms with van der Waals surface area (Å²) >= 11 is 7.40. The molecule has 28 heteroatoms. The zero-order chi connectivity index (χ0) is 66.0. The lowest BCUT2D eigenvalue weighted by molar-refractivity contribution is -0.142. The minimum Gasteiger partial charge on any atom is -0.378 e. The number of benzene rings is 4. The highest BCUT2D eigenvalue weighted by molar-refractivity contribution is 7.98. The SMILES string of the molecule is NCCOCCOCCNC(=O)[C@@H]1CSCc2cccc(c2)CSCCC(=O)N[C@@H](C(c2ccccc2)c2ccccc2)C(=O)N2CCC[C@H]2C(=O)N[C@@H](CCCN=C(N)N)C(=O)N[C@@H](CS)C(=O)N[C@@H](CCCN=C(N)N)C(=O)N[C@@H](Cc2ccccc2)C(=O)N1. The standard InChI is InChI=1S/C64H89N15O10S3/c65-26-31-88-33-34-89-32-29-70-56(81)51-41-92-40-44-17-10-16-43(36-44)39-91-35-25-53(80)78-55(54(45-18-6-2-7-19-45)46-20-8-3-9-21-46)62(87)79-30-13-24-52(79)61(86)74-48(23-12-28-72-64(68)69)58(83)76-50(38-90)60(85)73-47(22-11-27-71-63(66)67)57(82)75-49(59(84)77-51)37-42-14-4-1-5-15-42/h1-10,14-21,36,47-52,54-55,90H,11-13,22-35,37-41,65H2,(H,70,81)(H,73,85)(H,74,86)(H,75,82)(H,76,83)(H,77,84)(H,78,80)(H4,66,67,71)(H4,68,69,72)/t47-,48-,49-,50-,51-,52-,55-/m0/s1. The summed E-state index contributed by atoms with van der Waals surface area (Å²) in [7, 11) is 0. The van der Waals surface area contributed by atoms with Crippen molar-refractivity contribution in [2.45, 2.75) is 111 Å². The fraction of sp³-hybridized carbons (Fsp3) is 0.469. The van der Waals surface area contributed by atoms with Gasteiger partial charge in [0.05, 0.1) is 26.4 Å². The van der Waals surface area contributed by atoms with Gasteiger partial charge in [-0.05, 0) is 66.3 Å². The second kappa shape index (κ2) is 40.2. The van der Waals surface area contributed by atoms with Crippen LogP contribution in [0.1, 0.15) is 78.7 Å². The van der Waals surface area contributed by atoms with Crippen LogP contribution in [0, 0.1) is 0 Å². The highest BCUT2D eigenvalue weighted by atomic mass is 32.2. The molecular formula is C64H89N15O10S3. The predicted octanol–water partition coefficient (Wildman–Crippen LogP) is 0.676. The molecule has 0 aliphatic carbocycles. The van der Waals surface area contributed by atoms with Gasteiger partial charge in [-0.1, -0.05) is 115 Å². The fourth-order valence-electron chi connectivity index (χ4n) is 10.5. The zero-order valence-electron chi connectivity index (χ0n) is 51.7. The molecule has 25 nitrogen and oxygen atoms in total. The van der Waals surface area contributed by atoms with E-state index in [1.165, 1.54) is 16.7 Å². The largest absolute Gasteiger partial charge is 0.378 e. The number of ether oxygens (including phenoxy) is 2. The van der Waals surface area contributed by atoms with Crippen LogP contribution < -0.4 is 65.9 Å². The van der Waals surface area contributed by atoms with Crippen LogP contribution in [0.4, 0.5) is 0 Å². The van der Waals surface area contributed by atoms with Crippen LogP contribution in [0.2, 0.25) is 0 Å². The lowest BCUT2D eigenvalue weighted by Gasteiger charge is -2.34. The quantitative estimate of drug-likeness (QED) is 0.0210. The Morgan fingerprint density at radius 1 is 0.630 bits per heavy atom. The van der Waals surface area contributed by atoms with E-state index in [-0.39, 0.29) is 114 Å². The minimum atomic E-state index is -1.40. The molecule has 0 radical (unpaired) electrons. The third kappa shape index (κ3) is 25.0. The van der Waals surface area contributed by atoms with E-state index in [9.17, 15) is 33.6 Å². The number of rotatable bonds is 23. The number of thiol groups is 1. The average Bonchev–Trinajstić information content (AvgIpc) is 1.22. The number of nitrogens with two attached hydrogens (primary N) is 5. The summed E-state index contributed by atoms with van der Waals surface area (Å²) in [4.78, 5) is 127. The molecule has 1 fully saturated rings. The van der Waals surface area contributed by atoms with Crippen molar-refractivity contribution in [3.63, 3.8) is 0 Å². The molecule has 2 aliphatic rings. The number of nitrogens with one attached hydrogen (secondary N) is 7. The van der Waals surface area contributed by atoms with Crippen molar-refractivity contribution in [2.24, 2.45) is 38.7 Å².